The van der Waals surface area contributed by atoms with E-state index in [-0.39, 0.29) is 0 Å². The molecular formula is C17H17N3O. The van der Waals surface area contributed by atoms with E-state index in [1.165, 1.54) is 5.56 Å². The van der Waals surface area contributed by atoms with Crippen LogP contribution in [0, 0.1) is 6.92 Å². The SMILES string of the molecule is CNCc1ccc(Oc2ccc3cccnc3c2)nc1C. The van der Waals surface area contributed by atoms with Crippen LogP contribution in [0.5, 0.6) is 11.6 Å². The molecular weight excluding hydrogens is 262 g/mol. The van der Waals surface area contributed by atoms with Gasteiger partial charge in [0.1, 0.15) is 5.75 Å². The van der Waals surface area contributed by atoms with Crippen LogP contribution in [0.3, 0.4) is 0 Å². The molecule has 0 aliphatic carbocycles. The monoisotopic (exact) mass is 279 g/mol. The van der Waals surface area contributed by atoms with Crippen molar-refractivity contribution in [2.45, 2.75) is 13.5 Å². The number of aryl methyl sites for hydroxylation is 1. The van der Waals surface area contributed by atoms with Gasteiger partial charge in [0.25, 0.3) is 0 Å². The molecule has 21 heavy (non-hydrogen) atoms. The summed E-state index contributed by atoms with van der Waals surface area (Å²) in [6.07, 6.45) is 1.78. The first-order valence-corrected chi connectivity index (χ1v) is 6.90. The first kappa shape index (κ1) is 13.5. The van der Waals surface area contributed by atoms with Gasteiger partial charge in [-0.2, -0.15) is 0 Å². The van der Waals surface area contributed by atoms with Gasteiger partial charge in [-0.15, -0.1) is 0 Å². The van der Waals surface area contributed by atoms with Crippen LogP contribution < -0.4 is 10.1 Å². The lowest BCUT2D eigenvalue weighted by molar-refractivity contribution is 0.461. The molecule has 106 valence electrons. The molecule has 2 heterocycles. The molecule has 1 aromatic carbocycles. The van der Waals surface area contributed by atoms with Gasteiger partial charge < -0.3 is 10.1 Å². The minimum absolute atomic E-state index is 0.600. The van der Waals surface area contributed by atoms with Crippen LogP contribution in [0.2, 0.25) is 0 Å². The highest BCUT2D eigenvalue weighted by Crippen LogP contribution is 2.24. The average Bonchev–Trinajstić information content (AvgIpc) is 2.50. The second kappa shape index (κ2) is 5.89. The quantitative estimate of drug-likeness (QED) is 0.794. The Hall–Kier alpha value is -2.46. The topological polar surface area (TPSA) is 47.0 Å². The van der Waals surface area contributed by atoms with E-state index in [4.69, 9.17) is 4.74 Å². The zero-order valence-electron chi connectivity index (χ0n) is 12.1. The number of rotatable bonds is 4. The van der Waals surface area contributed by atoms with Crippen LogP contribution in [0.4, 0.5) is 0 Å². The van der Waals surface area contributed by atoms with Crippen molar-refractivity contribution in [3.05, 3.63) is 59.9 Å². The fraction of sp³-hybridized carbons (Fsp3) is 0.176. The summed E-state index contributed by atoms with van der Waals surface area (Å²) in [4.78, 5) is 8.82. The number of ether oxygens (including phenoxy) is 1. The van der Waals surface area contributed by atoms with Crippen molar-refractivity contribution < 1.29 is 4.74 Å². The number of nitrogens with one attached hydrogen (secondary N) is 1. The molecule has 2 aromatic heterocycles. The third-order valence-corrected chi connectivity index (χ3v) is 3.34. The van der Waals surface area contributed by atoms with Crippen LogP contribution in [0.25, 0.3) is 10.9 Å². The first-order valence-electron chi connectivity index (χ1n) is 6.90. The van der Waals surface area contributed by atoms with E-state index in [9.17, 15) is 0 Å². The van der Waals surface area contributed by atoms with Crippen molar-refractivity contribution in [2.24, 2.45) is 0 Å². The summed E-state index contributed by atoms with van der Waals surface area (Å²) in [5.74, 6) is 1.34. The first-order chi connectivity index (χ1) is 10.3. The molecule has 0 fully saturated rings. The predicted molar refractivity (Wildman–Crippen MR) is 83.6 cm³/mol. The van der Waals surface area contributed by atoms with E-state index in [0.717, 1.165) is 28.9 Å². The van der Waals surface area contributed by atoms with Crippen LogP contribution >= 0.6 is 0 Å². The van der Waals surface area contributed by atoms with Crippen molar-refractivity contribution in [1.29, 1.82) is 0 Å². The Balaban J connectivity index is 1.86. The average molecular weight is 279 g/mol. The summed E-state index contributed by atoms with van der Waals surface area (Å²) < 4.78 is 5.83. The molecule has 0 saturated carbocycles. The van der Waals surface area contributed by atoms with Crippen molar-refractivity contribution in [3.63, 3.8) is 0 Å². The number of hydrogen-bond donors (Lipinski definition) is 1. The summed E-state index contributed by atoms with van der Waals surface area (Å²) in [6, 6.07) is 13.7. The van der Waals surface area contributed by atoms with Gasteiger partial charge in [0, 0.05) is 36.0 Å². The zero-order valence-corrected chi connectivity index (χ0v) is 12.1. The molecule has 0 amide bonds. The number of pyridine rings is 2. The van der Waals surface area contributed by atoms with E-state index in [1.807, 2.05) is 56.4 Å². The Labute approximate surface area is 123 Å². The summed E-state index contributed by atoms with van der Waals surface area (Å²) in [7, 11) is 1.92. The molecule has 0 saturated heterocycles. The van der Waals surface area contributed by atoms with Gasteiger partial charge in [-0.3, -0.25) is 4.98 Å². The summed E-state index contributed by atoms with van der Waals surface area (Å²) in [5, 5.41) is 4.22. The fourth-order valence-corrected chi connectivity index (χ4v) is 2.23. The second-order valence-electron chi connectivity index (χ2n) is 4.88. The van der Waals surface area contributed by atoms with Gasteiger partial charge in [-0.1, -0.05) is 12.1 Å². The highest BCUT2D eigenvalue weighted by atomic mass is 16.5. The molecule has 0 radical (unpaired) electrons. The molecule has 0 atom stereocenters. The van der Waals surface area contributed by atoms with Gasteiger partial charge in [0.2, 0.25) is 5.88 Å². The van der Waals surface area contributed by atoms with Crippen molar-refractivity contribution >= 4 is 10.9 Å². The van der Waals surface area contributed by atoms with Crippen LogP contribution in [-0.2, 0) is 6.54 Å². The maximum Gasteiger partial charge on any atom is 0.219 e. The maximum atomic E-state index is 5.83. The highest BCUT2D eigenvalue weighted by molar-refractivity contribution is 5.79. The van der Waals surface area contributed by atoms with Gasteiger partial charge in [-0.25, -0.2) is 4.98 Å². The predicted octanol–water partition coefficient (Wildman–Crippen LogP) is 3.45. The fourth-order valence-electron chi connectivity index (χ4n) is 2.23. The molecule has 0 bridgehead atoms. The number of hydrogen-bond acceptors (Lipinski definition) is 4. The zero-order chi connectivity index (χ0) is 14.7. The van der Waals surface area contributed by atoms with Crippen molar-refractivity contribution in [1.82, 2.24) is 15.3 Å². The van der Waals surface area contributed by atoms with Gasteiger partial charge >= 0.3 is 0 Å². The largest absolute Gasteiger partial charge is 0.439 e. The minimum Gasteiger partial charge on any atom is -0.439 e. The summed E-state index contributed by atoms with van der Waals surface area (Å²) in [6.45, 7) is 2.79. The third-order valence-electron chi connectivity index (χ3n) is 3.34. The van der Waals surface area contributed by atoms with Crippen LogP contribution in [0.1, 0.15) is 11.3 Å². The molecule has 0 aliphatic heterocycles. The molecule has 0 spiro atoms. The van der Waals surface area contributed by atoms with Crippen LogP contribution in [-0.4, -0.2) is 17.0 Å². The molecule has 3 aromatic rings. The minimum atomic E-state index is 0.600. The van der Waals surface area contributed by atoms with E-state index in [1.54, 1.807) is 6.20 Å². The van der Waals surface area contributed by atoms with Gasteiger partial charge in [-0.05, 0) is 37.7 Å². The Morgan fingerprint density at radius 1 is 1.14 bits per heavy atom. The second-order valence-corrected chi connectivity index (χ2v) is 4.88. The lowest BCUT2D eigenvalue weighted by Gasteiger charge is -2.09. The Morgan fingerprint density at radius 3 is 2.86 bits per heavy atom. The Bertz CT molecular complexity index is 771. The smallest absolute Gasteiger partial charge is 0.219 e. The molecule has 3 rings (SSSR count). The third kappa shape index (κ3) is 3.01. The normalized spacial score (nSPS) is 10.8. The molecule has 4 heteroatoms. The lowest BCUT2D eigenvalue weighted by Crippen LogP contribution is -2.07. The van der Waals surface area contributed by atoms with Gasteiger partial charge in [0.15, 0.2) is 0 Å². The Morgan fingerprint density at radius 2 is 2.05 bits per heavy atom. The van der Waals surface area contributed by atoms with E-state index in [2.05, 4.69) is 15.3 Å². The van der Waals surface area contributed by atoms with Crippen molar-refractivity contribution in [2.75, 3.05) is 7.05 Å². The summed E-state index contributed by atoms with van der Waals surface area (Å²) in [5.41, 5.74) is 3.06. The number of nitrogens with zero attached hydrogens (tertiary/aromatic N) is 2. The molecule has 1 N–H and O–H groups in total. The lowest BCUT2D eigenvalue weighted by atomic mass is 10.2. The standard InChI is InChI=1S/C17H17N3O/c1-12-14(11-18-2)6-8-17(20-12)21-15-7-5-13-4-3-9-19-16(13)10-15/h3-10,18H,11H2,1-2H3. The van der Waals surface area contributed by atoms with Gasteiger partial charge in [0.05, 0.1) is 5.52 Å². The molecule has 0 aliphatic rings. The van der Waals surface area contributed by atoms with E-state index >= 15 is 0 Å². The molecule has 4 nitrogen and oxygen atoms in total. The maximum absolute atomic E-state index is 5.83. The number of benzene rings is 1. The number of aromatic nitrogens is 2. The van der Waals surface area contributed by atoms with Crippen molar-refractivity contribution in [3.8, 4) is 11.6 Å². The highest BCUT2D eigenvalue weighted by Gasteiger charge is 2.04. The number of fused-ring (bicyclic) bond motifs is 1. The van der Waals surface area contributed by atoms with E-state index < -0.39 is 0 Å². The summed E-state index contributed by atoms with van der Waals surface area (Å²) >= 11 is 0. The van der Waals surface area contributed by atoms with Crippen LogP contribution in [0.15, 0.2) is 48.7 Å². The van der Waals surface area contributed by atoms with E-state index in [0.29, 0.717) is 5.88 Å². The Kier molecular flexibility index (Phi) is 3.79. The molecule has 0 unspecified atom stereocenters.